The molecule has 0 radical (unpaired) electrons. The number of hydrogen-bond acceptors (Lipinski definition) is 4. The maximum atomic E-state index is 12.8. The van der Waals surface area contributed by atoms with Crippen molar-refractivity contribution in [3.63, 3.8) is 0 Å². The summed E-state index contributed by atoms with van der Waals surface area (Å²) >= 11 is 0. The molecule has 6 heteroatoms. The van der Waals surface area contributed by atoms with Crippen molar-refractivity contribution in [2.24, 2.45) is 7.05 Å². The minimum atomic E-state index is 0.0449. The minimum absolute atomic E-state index is 0.0449. The fraction of sp³-hybridized carbons (Fsp3) is 0.471. The predicted octanol–water partition coefficient (Wildman–Crippen LogP) is 1.86. The Hall–Kier alpha value is -2.37. The molecule has 1 fully saturated rings. The van der Waals surface area contributed by atoms with Gasteiger partial charge in [0.05, 0.1) is 11.3 Å². The third kappa shape index (κ3) is 3.21. The second-order valence-corrected chi connectivity index (χ2v) is 6.15. The molecule has 6 nitrogen and oxygen atoms in total. The summed E-state index contributed by atoms with van der Waals surface area (Å²) < 4.78 is 1.69. The van der Waals surface area contributed by atoms with E-state index in [9.17, 15) is 4.79 Å². The average molecular weight is 313 g/mol. The van der Waals surface area contributed by atoms with E-state index in [0.29, 0.717) is 5.56 Å². The number of hydrogen-bond donors (Lipinski definition) is 0. The molecular formula is C17H23N5O. The number of rotatable bonds is 3. The van der Waals surface area contributed by atoms with Crippen LogP contribution < -0.4 is 4.90 Å². The number of likely N-dealkylation sites (N-methyl/N-ethyl adjacent to an activating group) is 1. The van der Waals surface area contributed by atoms with Crippen LogP contribution in [-0.4, -0.2) is 51.8 Å². The van der Waals surface area contributed by atoms with Crippen LogP contribution in [0.3, 0.4) is 0 Å². The maximum Gasteiger partial charge on any atom is 0.257 e. The van der Waals surface area contributed by atoms with Gasteiger partial charge in [-0.3, -0.25) is 9.48 Å². The Bertz CT molecular complexity index is 682. The van der Waals surface area contributed by atoms with E-state index in [4.69, 9.17) is 0 Å². The standard InChI is InChI=1S/C17H23N5O/c1-13-15(12-20(2)19-13)17(23)21(3)14-7-6-10-22(11-14)16-8-4-5-9-18-16/h4-5,8-9,12,14H,6-7,10-11H2,1-3H3/t14-/m0/s1. The van der Waals surface area contributed by atoms with Gasteiger partial charge in [0, 0.05) is 45.6 Å². The highest BCUT2D eigenvalue weighted by atomic mass is 16.2. The summed E-state index contributed by atoms with van der Waals surface area (Å²) in [6.07, 6.45) is 5.69. The van der Waals surface area contributed by atoms with Crippen LogP contribution in [0, 0.1) is 6.92 Å². The van der Waals surface area contributed by atoms with Crippen LogP contribution in [-0.2, 0) is 7.05 Å². The third-order valence-corrected chi connectivity index (χ3v) is 4.48. The van der Waals surface area contributed by atoms with Crippen molar-refractivity contribution in [3.8, 4) is 0 Å². The Kier molecular flexibility index (Phi) is 4.32. The third-order valence-electron chi connectivity index (χ3n) is 4.48. The quantitative estimate of drug-likeness (QED) is 0.868. The normalized spacial score (nSPS) is 18.0. The highest BCUT2D eigenvalue weighted by molar-refractivity contribution is 5.95. The summed E-state index contributed by atoms with van der Waals surface area (Å²) in [7, 11) is 3.73. The molecule has 3 heterocycles. The van der Waals surface area contributed by atoms with Crippen molar-refractivity contribution in [2.75, 3.05) is 25.0 Å². The van der Waals surface area contributed by atoms with Gasteiger partial charge in [0.1, 0.15) is 5.82 Å². The molecule has 1 saturated heterocycles. The molecule has 23 heavy (non-hydrogen) atoms. The molecule has 0 spiro atoms. The monoisotopic (exact) mass is 313 g/mol. The molecule has 0 N–H and O–H groups in total. The van der Waals surface area contributed by atoms with Crippen LogP contribution in [0.25, 0.3) is 0 Å². The fourth-order valence-corrected chi connectivity index (χ4v) is 3.19. The SMILES string of the molecule is Cc1nn(C)cc1C(=O)N(C)[C@H]1CCCN(c2ccccn2)C1. The van der Waals surface area contributed by atoms with Crippen LogP contribution >= 0.6 is 0 Å². The van der Waals surface area contributed by atoms with E-state index in [1.807, 2.05) is 50.3 Å². The molecule has 0 aromatic carbocycles. The number of anilines is 1. The van der Waals surface area contributed by atoms with E-state index in [-0.39, 0.29) is 11.9 Å². The molecule has 1 amide bonds. The Balaban J connectivity index is 1.73. The summed E-state index contributed by atoms with van der Waals surface area (Å²) in [5, 5.41) is 4.27. The zero-order valence-corrected chi connectivity index (χ0v) is 13.9. The molecule has 1 aliphatic rings. The largest absolute Gasteiger partial charge is 0.355 e. The Morgan fingerprint density at radius 1 is 1.39 bits per heavy atom. The van der Waals surface area contributed by atoms with Crippen LogP contribution in [0.15, 0.2) is 30.6 Å². The average Bonchev–Trinajstić information content (AvgIpc) is 2.93. The molecule has 0 bridgehead atoms. The van der Waals surface area contributed by atoms with Gasteiger partial charge in [0.2, 0.25) is 0 Å². The molecular weight excluding hydrogens is 290 g/mol. The van der Waals surface area contributed by atoms with Crippen molar-refractivity contribution in [3.05, 3.63) is 41.9 Å². The first kappa shape index (κ1) is 15.5. The lowest BCUT2D eigenvalue weighted by molar-refractivity contribution is 0.0716. The lowest BCUT2D eigenvalue weighted by atomic mass is 10.0. The summed E-state index contributed by atoms with van der Waals surface area (Å²) in [5.74, 6) is 1.03. The number of aromatic nitrogens is 3. The summed E-state index contributed by atoms with van der Waals surface area (Å²) in [5.41, 5.74) is 1.46. The molecule has 0 unspecified atom stereocenters. The van der Waals surface area contributed by atoms with Gasteiger partial charge < -0.3 is 9.80 Å². The van der Waals surface area contributed by atoms with E-state index in [1.165, 1.54) is 0 Å². The number of carbonyl (C=O) groups is 1. The lowest BCUT2D eigenvalue weighted by Crippen LogP contribution is -2.49. The number of aryl methyl sites for hydroxylation is 2. The van der Waals surface area contributed by atoms with E-state index >= 15 is 0 Å². The van der Waals surface area contributed by atoms with Gasteiger partial charge in [-0.1, -0.05) is 6.07 Å². The molecule has 2 aromatic rings. The first-order chi connectivity index (χ1) is 11.1. The van der Waals surface area contributed by atoms with Crippen LogP contribution in [0.1, 0.15) is 28.9 Å². The molecule has 0 saturated carbocycles. The molecule has 2 aromatic heterocycles. The molecule has 0 aliphatic carbocycles. The van der Waals surface area contributed by atoms with E-state index in [2.05, 4.69) is 15.0 Å². The van der Waals surface area contributed by atoms with Crippen molar-refractivity contribution < 1.29 is 4.79 Å². The second kappa shape index (κ2) is 6.40. The molecule has 3 rings (SSSR count). The smallest absolute Gasteiger partial charge is 0.257 e. The lowest BCUT2D eigenvalue weighted by Gasteiger charge is -2.38. The number of nitrogens with zero attached hydrogens (tertiary/aromatic N) is 5. The highest BCUT2D eigenvalue weighted by Crippen LogP contribution is 2.21. The number of pyridine rings is 1. The highest BCUT2D eigenvalue weighted by Gasteiger charge is 2.28. The van der Waals surface area contributed by atoms with Crippen LogP contribution in [0.2, 0.25) is 0 Å². The van der Waals surface area contributed by atoms with Gasteiger partial charge >= 0.3 is 0 Å². The van der Waals surface area contributed by atoms with Gasteiger partial charge in [-0.15, -0.1) is 0 Å². The Labute approximate surface area is 136 Å². The topological polar surface area (TPSA) is 54.3 Å². The minimum Gasteiger partial charge on any atom is -0.355 e. The van der Waals surface area contributed by atoms with E-state index in [0.717, 1.165) is 37.4 Å². The second-order valence-electron chi connectivity index (χ2n) is 6.15. The Morgan fingerprint density at radius 2 is 2.22 bits per heavy atom. The van der Waals surface area contributed by atoms with Gasteiger partial charge in [-0.2, -0.15) is 5.10 Å². The first-order valence-corrected chi connectivity index (χ1v) is 7.99. The van der Waals surface area contributed by atoms with Gasteiger partial charge in [0.25, 0.3) is 5.91 Å². The summed E-state index contributed by atoms with van der Waals surface area (Å²) in [4.78, 5) is 21.3. The molecule has 1 aliphatic heterocycles. The number of piperidine rings is 1. The number of amides is 1. The van der Waals surface area contributed by atoms with Gasteiger partial charge in [0.15, 0.2) is 0 Å². The van der Waals surface area contributed by atoms with E-state index in [1.54, 1.807) is 10.9 Å². The Morgan fingerprint density at radius 3 is 2.87 bits per heavy atom. The van der Waals surface area contributed by atoms with Crippen LogP contribution in [0.4, 0.5) is 5.82 Å². The molecule has 122 valence electrons. The predicted molar refractivity (Wildman–Crippen MR) is 89.5 cm³/mol. The number of carbonyl (C=O) groups excluding carboxylic acids is 1. The fourth-order valence-electron chi connectivity index (χ4n) is 3.19. The van der Waals surface area contributed by atoms with E-state index < -0.39 is 0 Å². The van der Waals surface area contributed by atoms with Crippen molar-refractivity contribution in [2.45, 2.75) is 25.8 Å². The summed E-state index contributed by atoms with van der Waals surface area (Å²) in [6.45, 7) is 3.68. The van der Waals surface area contributed by atoms with Crippen LogP contribution in [0.5, 0.6) is 0 Å². The van der Waals surface area contributed by atoms with Gasteiger partial charge in [-0.25, -0.2) is 4.98 Å². The zero-order valence-electron chi connectivity index (χ0n) is 13.9. The zero-order chi connectivity index (χ0) is 16.4. The van der Waals surface area contributed by atoms with Crippen molar-refractivity contribution >= 4 is 11.7 Å². The first-order valence-electron chi connectivity index (χ1n) is 7.99. The van der Waals surface area contributed by atoms with Crippen molar-refractivity contribution in [1.29, 1.82) is 0 Å². The summed E-state index contributed by atoms with van der Waals surface area (Å²) in [6, 6.07) is 6.14. The van der Waals surface area contributed by atoms with Gasteiger partial charge in [-0.05, 0) is 31.9 Å². The maximum absolute atomic E-state index is 12.8. The van der Waals surface area contributed by atoms with Crippen molar-refractivity contribution in [1.82, 2.24) is 19.7 Å². The molecule has 1 atom stereocenters.